The van der Waals surface area contributed by atoms with Crippen LogP contribution < -0.4 is 24.4 Å². The molecule has 7 nitrogen and oxygen atoms in total. The molecule has 0 amide bonds. The van der Waals surface area contributed by atoms with Gasteiger partial charge in [-0.2, -0.15) is 0 Å². The smallest absolute Gasteiger partial charge is 0.338 e. The first-order chi connectivity index (χ1) is 17.4. The van der Waals surface area contributed by atoms with Crippen molar-refractivity contribution in [1.82, 2.24) is 4.57 Å². The molecule has 3 aromatic rings. The lowest BCUT2D eigenvalue weighted by Crippen LogP contribution is -2.40. The predicted molar refractivity (Wildman–Crippen MR) is 140 cm³/mol. The molecular formula is C28H30N2O5S. The third-order valence-electron chi connectivity index (χ3n) is 5.78. The molecule has 0 spiro atoms. The summed E-state index contributed by atoms with van der Waals surface area (Å²) in [6, 6.07) is 12.7. The van der Waals surface area contributed by atoms with Crippen LogP contribution in [-0.2, 0) is 9.53 Å². The Morgan fingerprint density at radius 1 is 1.00 bits per heavy atom. The van der Waals surface area contributed by atoms with Gasteiger partial charge in [0.2, 0.25) is 0 Å². The fraction of sp³-hybridized carbons (Fsp3) is 0.321. The van der Waals surface area contributed by atoms with Crippen LogP contribution >= 0.6 is 11.3 Å². The molecule has 0 N–H and O–H groups in total. The summed E-state index contributed by atoms with van der Waals surface area (Å²) in [6.45, 7) is 10.5. The van der Waals surface area contributed by atoms with Gasteiger partial charge in [-0.1, -0.05) is 47.2 Å². The predicted octanol–water partition coefficient (Wildman–Crippen LogP) is 3.90. The second-order valence-electron chi connectivity index (χ2n) is 8.29. The van der Waals surface area contributed by atoms with Gasteiger partial charge >= 0.3 is 5.97 Å². The third kappa shape index (κ3) is 4.99. The molecule has 0 unspecified atom stereocenters. The molecular weight excluding hydrogens is 476 g/mol. The number of aryl methyl sites for hydroxylation is 1. The lowest BCUT2D eigenvalue weighted by atomic mass is 9.95. The van der Waals surface area contributed by atoms with E-state index in [4.69, 9.17) is 14.2 Å². The largest absolute Gasteiger partial charge is 0.490 e. The number of hydrogen-bond acceptors (Lipinski definition) is 7. The van der Waals surface area contributed by atoms with Crippen molar-refractivity contribution < 1.29 is 19.0 Å². The van der Waals surface area contributed by atoms with E-state index in [-0.39, 0.29) is 12.2 Å². The van der Waals surface area contributed by atoms with E-state index in [0.29, 0.717) is 50.9 Å². The Morgan fingerprint density at radius 3 is 2.36 bits per heavy atom. The molecule has 1 aromatic heterocycles. The fourth-order valence-corrected chi connectivity index (χ4v) is 5.21. The molecule has 1 aliphatic heterocycles. The molecule has 0 saturated heterocycles. The van der Waals surface area contributed by atoms with Crippen molar-refractivity contribution in [1.29, 1.82) is 0 Å². The molecule has 2 heterocycles. The number of esters is 1. The van der Waals surface area contributed by atoms with Gasteiger partial charge in [-0.3, -0.25) is 9.36 Å². The van der Waals surface area contributed by atoms with Crippen LogP contribution in [0.3, 0.4) is 0 Å². The molecule has 0 radical (unpaired) electrons. The average Bonchev–Trinajstić information content (AvgIpc) is 3.15. The Labute approximate surface area is 214 Å². The van der Waals surface area contributed by atoms with Crippen LogP contribution in [0, 0.1) is 6.92 Å². The van der Waals surface area contributed by atoms with Crippen LogP contribution in [0.15, 0.2) is 63.5 Å². The molecule has 4 rings (SSSR count). The number of carbonyl (C=O) groups excluding carboxylic acids is 1. The Morgan fingerprint density at radius 2 is 1.69 bits per heavy atom. The summed E-state index contributed by atoms with van der Waals surface area (Å²) in [5, 5.41) is 0. The summed E-state index contributed by atoms with van der Waals surface area (Å²) in [5.74, 6) is 0.660. The van der Waals surface area contributed by atoms with E-state index in [2.05, 4.69) is 4.99 Å². The highest BCUT2D eigenvalue weighted by Crippen LogP contribution is 2.36. The first kappa shape index (κ1) is 25.4. The minimum Gasteiger partial charge on any atom is -0.490 e. The second kappa shape index (κ2) is 11.0. The molecule has 1 aliphatic rings. The van der Waals surface area contributed by atoms with Gasteiger partial charge in [-0.05, 0) is 64.0 Å². The maximum atomic E-state index is 13.7. The number of nitrogens with zero attached hydrogens (tertiary/aromatic N) is 2. The van der Waals surface area contributed by atoms with Crippen molar-refractivity contribution in [2.75, 3.05) is 19.8 Å². The highest BCUT2D eigenvalue weighted by atomic mass is 32.1. The van der Waals surface area contributed by atoms with Crippen LogP contribution in [0.25, 0.3) is 6.08 Å². The normalized spacial score (nSPS) is 15.4. The first-order valence-electron chi connectivity index (χ1n) is 12.0. The molecule has 188 valence electrons. The minimum atomic E-state index is -0.713. The van der Waals surface area contributed by atoms with Gasteiger partial charge in [0, 0.05) is 0 Å². The number of rotatable bonds is 8. The monoisotopic (exact) mass is 506 g/mol. The van der Waals surface area contributed by atoms with Crippen LogP contribution in [-0.4, -0.2) is 30.4 Å². The van der Waals surface area contributed by atoms with E-state index in [1.807, 2.05) is 69.3 Å². The molecule has 8 heteroatoms. The number of aromatic nitrogens is 1. The highest BCUT2D eigenvalue weighted by Gasteiger charge is 2.34. The van der Waals surface area contributed by atoms with Gasteiger partial charge in [-0.15, -0.1) is 0 Å². The van der Waals surface area contributed by atoms with Crippen LogP contribution in [0.1, 0.15) is 50.4 Å². The Bertz CT molecular complexity index is 1480. The lowest BCUT2D eigenvalue weighted by molar-refractivity contribution is -0.139. The molecule has 0 saturated carbocycles. The summed E-state index contributed by atoms with van der Waals surface area (Å²) in [4.78, 5) is 32.0. The van der Waals surface area contributed by atoms with Crippen molar-refractivity contribution in [3.05, 3.63) is 90.1 Å². The second-order valence-corrected chi connectivity index (χ2v) is 9.29. The van der Waals surface area contributed by atoms with Gasteiger partial charge in [0.25, 0.3) is 5.56 Å². The quantitative estimate of drug-likeness (QED) is 0.433. The number of allylic oxidation sites excluding steroid dienone is 1. The summed E-state index contributed by atoms with van der Waals surface area (Å²) in [7, 11) is 0. The summed E-state index contributed by atoms with van der Waals surface area (Å²) in [5.41, 5.74) is 3.41. The number of thiazole rings is 1. The van der Waals surface area contributed by atoms with Crippen LogP contribution in [0.2, 0.25) is 0 Å². The summed E-state index contributed by atoms with van der Waals surface area (Å²) in [6.07, 6.45) is 1.85. The molecule has 1 atom stereocenters. The standard InChI is InChI=1S/C28H30N2O5S/c1-6-33-21-14-13-20(16-22(21)34-7-2)25-24(27(32)35-8-3)18(5)29-28-30(25)26(31)23(36-28)15-19-11-9-17(4)10-12-19/h9-16,25H,6-8H2,1-5H3/b23-15-/t25-/m1/s1. The SMILES string of the molecule is CCOC(=O)C1=C(C)N=c2s/c(=C\c3ccc(C)cc3)c(=O)n2[C@@H]1c1ccc(OCC)c(OCC)c1. The number of fused-ring (bicyclic) bond motifs is 1. The maximum absolute atomic E-state index is 13.7. The van der Waals surface area contributed by atoms with E-state index in [0.717, 1.165) is 11.1 Å². The Hall–Kier alpha value is -3.65. The maximum Gasteiger partial charge on any atom is 0.338 e. The van der Waals surface area contributed by atoms with E-state index in [9.17, 15) is 9.59 Å². The summed E-state index contributed by atoms with van der Waals surface area (Å²) >= 11 is 1.30. The Kier molecular flexibility index (Phi) is 7.74. The zero-order valence-electron chi connectivity index (χ0n) is 21.2. The molecule has 0 aliphatic carbocycles. The van der Waals surface area contributed by atoms with E-state index >= 15 is 0 Å². The van der Waals surface area contributed by atoms with Gasteiger partial charge < -0.3 is 14.2 Å². The van der Waals surface area contributed by atoms with Crippen molar-refractivity contribution in [2.45, 2.75) is 40.7 Å². The molecule has 0 fully saturated rings. The summed E-state index contributed by atoms with van der Waals surface area (Å²) < 4.78 is 19.0. The van der Waals surface area contributed by atoms with Crippen molar-refractivity contribution in [2.24, 2.45) is 4.99 Å². The number of carbonyl (C=O) groups is 1. The fourth-order valence-electron chi connectivity index (χ4n) is 4.16. The Balaban J connectivity index is 1.94. The van der Waals surface area contributed by atoms with E-state index < -0.39 is 12.0 Å². The zero-order valence-corrected chi connectivity index (χ0v) is 22.0. The third-order valence-corrected chi connectivity index (χ3v) is 6.76. The van der Waals surface area contributed by atoms with E-state index in [1.54, 1.807) is 18.4 Å². The number of benzene rings is 2. The van der Waals surface area contributed by atoms with Gasteiger partial charge in [-0.25, -0.2) is 9.79 Å². The zero-order chi connectivity index (χ0) is 25.8. The average molecular weight is 507 g/mol. The van der Waals surface area contributed by atoms with Gasteiger partial charge in [0.05, 0.1) is 41.7 Å². The molecule has 2 aromatic carbocycles. The van der Waals surface area contributed by atoms with Gasteiger partial charge in [0.1, 0.15) is 0 Å². The van der Waals surface area contributed by atoms with Crippen molar-refractivity contribution in [3.63, 3.8) is 0 Å². The van der Waals surface area contributed by atoms with Crippen molar-refractivity contribution >= 4 is 23.4 Å². The van der Waals surface area contributed by atoms with E-state index in [1.165, 1.54) is 11.3 Å². The lowest BCUT2D eigenvalue weighted by Gasteiger charge is -2.25. The van der Waals surface area contributed by atoms with Crippen LogP contribution in [0.4, 0.5) is 0 Å². The molecule has 36 heavy (non-hydrogen) atoms. The number of hydrogen-bond donors (Lipinski definition) is 0. The van der Waals surface area contributed by atoms with Crippen molar-refractivity contribution in [3.8, 4) is 11.5 Å². The first-order valence-corrected chi connectivity index (χ1v) is 12.8. The molecule has 0 bridgehead atoms. The highest BCUT2D eigenvalue weighted by molar-refractivity contribution is 7.07. The van der Waals surface area contributed by atoms with Crippen LogP contribution in [0.5, 0.6) is 11.5 Å². The minimum absolute atomic E-state index is 0.216. The van der Waals surface area contributed by atoms with Gasteiger partial charge in [0.15, 0.2) is 16.3 Å². The topological polar surface area (TPSA) is 79.1 Å². The number of ether oxygens (including phenoxy) is 3.